The topological polar surface area (TPSA) is 97.4 Å². The number of halogens is 3. The molecule has 1 heterocycles. The minimum absolute atomic E-state index is 0.183. The van der Waals surface area contributed by atoms with Crippen LogP contribution in [-0.4, -0.2) is 25.1 Å². The number of benzene rings is 1. The van der Waals surface area contributed by atoms with Crippen molar-refractivity contribution in [1.82, 2.24) is 4.98 Å². The molecule has 118 valence electrons. The molecule has 0 spiro atoms. The third-order valence-electron chi connectivity index (χ3n) is 2.37. The van der Waals surface area contributed by atoms with Gasteiger partial charge in [0.25, 0.3) is 9.84 Å². The van der Waals surface area contributed by atoms with Gasteiger partial charge in [-0.3, -0.25) is 5.43 Å². The average molecular weight is 350 g/mol. The Morgan fingerprint density at radius 1 is 1.36 bits per heavy atom. The van der Waals surface area contributed by atoms with E-state index in [1.165, 1.54) is 29.7 Å². The number of hydrazone groups is 1. The zero-order valence-electron chi connectivity index (χ0n) is 10.7. The summed E-state index contributed by atoms with van der Waals surface area (Å²) in [5.41, 5.74) is 2.77. The molecule has 0 fully saturated rings. The largest absolute Gasteiger partial charge is 0.501 e. The number of hydrogen-bond donors (Lipinski definition) is 2. The van der Waals surface area contributed by atoms with Crippen molar-refractivity contribution in [3.63, 3.8) is 0 Å². The Bertz CT molecular complexity index is 800. The maximum Gasteiger partial charge on any atom is 0.501 e. The van der Waals surface area contributed by atoms with Gasteiger partial charge in [0.15, 0.2) is 0 Å². The standard InChI is InChI=1S/C11H9F3N4O2S2/c12-11(13,14)22(19,20)8-3-1-2-7(4-8)5-16-18-10-17-9(15)6-21-10/h1-6H,15H2,(H,17,18). The van der Waals surface area contributed by atoms with Gasteiger partial charge in [0.1, 0.15) is 5.82 Å². The molecule has 0 amide bonds. The monoisotopic (exact) mass is 350 g/mol. The highest BCUT2D eigenvalue weighted by Gasteiger charge is 2.46. The van der Waals surface area contributed by atoms with Crippen molar-refractivity contribution in [1.29, 1.82) is 0 Å². The van der Waals surface area contributed by atoms with Gasteiger partial charge < -0.3 is 5.73 Å². The maximum absolute atomic E-state index is 12.5. The highest BCUT2D eigenvalue weighted by atomic mass is 32.2. The van der Waals surface area contributed by atoms with Crippen molar-refractivity contribution in [2.24, 2.45) is 5.10 Å². The number of rotatable bonds is 4. The zero-order valence-corrected chi connectivity index (χ0v) is 12.3. The van der Waals surface area contributed by atoms with Crippen LogP contribution in [0.3, 0.4) is 0 Å². The Morgan fingerprint density at radius 2 is 2.09 bits per heavy atom. The first-order valence-corrected chi connectivity index (χ1v) is 7.98. The predicted molar refractivity (Wildman–Crippen MR) is 77.4 cm³/mol. The van der Waals surface area contributed by atoms with Crippen molar-refractivity contribution < 1.29 is 21.6 Å². The maximum atomic E-state index is 12.5. The van der Waals surface area contributed by atoms with Crippen molar-refractivity contribution in [3.05, 3.63) is 35.2 Å². The van der Waals surface area contributed by atoms with Gasteiger partial charge in [0.05, 0.1) is 11.1 Å². The lowest BCUT2D eigenvalue weighted by Gasteiger charge is -2.08. The molecule has 2 aromatic rings. The number of aromatic nitrogens is 1. The number of nitrogens with one attached hydrogen (secondary N) is 1. The fourth-order valence-electron chi connectivity index (χ4n) is 1.40. The summed E-state index contributed by atoms with van der Waals surface area (Å²) in [6.07, 6.45) is 1.17. The summed E-state index contributed by atoms with van der Waals surface area (Å²) in [7, 11) is -5.38. The molecule has 0 saturated heterocycles. The van der Waals surface area contributed by atoms with Crippen LogP contribution in [0, 0.1) is 0 Å². The molecular weight excluding hydrogens is 341 g/mol. The second-order valence-electron chi connectivity index (χ2n) is 3.97. The van der Waals surface area contributed by atoms with Gasteiger partial charge in [0.2, 0.25) is 5.13 Å². The van der Waals surface area contributed by atoms with Crippen LogP contribution in [0.4, 0.5) is 24.1 Å². The van der Waals surface area contributed by atoms with E-state index in [0.29, 0.717) is 10.9 Å². The van der Waals surface area contributed by atoms with Crippen LogP contribution < -0.4 is 11.2 Å². The minimum atomic E-state index is -5.38. The fourth-order valence-corrected chi connectivity index (χ4v) is 2.76. The van der Waals surface area contributed by atoms with E-state index in [9.17, 15) is 21.6 Å². The molecule has 0 saturated carbocycles. The molecule has 6 nitrogen and oxygen atoms in total. The molecule has 0 aliphatic heterocycles. The normalized spacial score (nSPS) is 12.7. The predicted octanol–water partition coefficient (Wildman–Crippen LogP) is 2.46. The summed E-state index contributed by atoms with van der Waals surface area (Å²) in [5, 5.41) is 5.73. The highest BCUT2D eigenvalue weighted by Crippen LogP contribution is 2.30. The molecule has 1 aromatic carbocycles. The van der Waals surface area contributed by atoms with Crippen LogP contribution in [0.25, 0.3) is 0 Å². The Morgan fingerprint density at radius 3 is 2.68 bits per heavy atom. The van der Waals surface area contributed by atoms with Crippen molar-refractivity contribution in [2.75, 3.05) is 11.2 Å². The summed E-state index contributed by atoms with van der Waals surface area (Å²) in [6, 6.07) is 4.36. The van der Waals surface area contributed by atoms with Gasteiger partial charge in [-0.1, -0.05) is 12.1 Å². The van der Waals surface area contributed by atoms with Crippen LogP contribution in [0.2, 0.25) is 0 Å². The van der Waals surface area contributed by atoms with E-state index < -0.39 is 20.2 Å². The van der Waals surface area contributed by atoms with E-state index in [1.807, 2.05) is 0 Å². The van der Waals surface area contributed by atoms with Crippen LogP contribution >= 0.6 is 11.3 Å². The number of nitrogens with two attached hydrogens (primary N) is 1. The first kappa shape index (κ1) is 16.2. The minimum Gasteiger partial charge on any atom is -0.383 e. The molecule has 22 heavy (non-hydrogen) atoms. The van der Waals surface area contributed by atoms with Gasteiger partial charge in [-0.2, -0.15) is 18.3 Å². The fraction of sp³-hybridized carbons (Fsp3) is 0.0909. The van der Waals surface area contributed by atoms with Crippen molar-refractivity contribution >= 4 is 38.3 Å². The molecule has 0 aliphatic carbocycles. The second-order valence-corrected chi connectivity index (χ2v) is 6.77. The molecule has 0 aliphatic rings. The lowest BCUT2D eigenvalue weighted by atomic mass is 10.2. The van der Waals surface area contributed by atoms with Crippen LogP contribution in [0.1, 0.15) is 5.56 Å². The molecular formula is C11H9F3N4O2S2. The van der Waals surface area contributed by atoms with Crippen LogP contribution in [0.5, 0.6) is 0 Å². The molecule has 11 heteroatoms. The Balaban J connectivity index is 2.19. The molecule has 0 radical (unpaired) electrons. The quantitative estimate of drug-likeness (QED) is 0.652. The Kier molecular flexibility index (Phi) is 4.37. The number of thiazole rings is 1. The number of nitrogen functional groups attached to an aromatic ring is 1. The third-order valence-corrected chi connectivity index (χ3v) is 4.62. The number of nitrogens with zero attached hydrogens (tertiary/aromatic N) is 2. The lowest BCUT2D eigenvalue weighted by molar-refractivity contribution is -0.0436. The van der Waals surface area contributed by atoms with Crippen LogP contribution in [0.15, 0.2) is 39.6 Å². The van der Waals surface area contributed by atoms with E-state index in [2.05, 4.69) is 15.5 Å². The molecule has 3 N–H and O–H groups in total. The van der Waals surface area contributed by atoms with Gasteiger partial charge in [0, 0.05) is 5.38 Å². The van der Waals surface area contributed by atoms with E-state index in [1.54, 1.807) is 5.38 Å². The van der Waals surface area contributed by atoms with Gasteiger partial charge in [-0.15, -0.1) is 11.3 Å². The highest BCUT2D eigenvalue weighted by molar-refractivity contribution is 7.92. The van der Waals surface area contributed by atoms with E-state index in [0.717, 1.165) is 12.1 Å². The van der Waals surface area contributed by atoms with Crippen molar-refractivity contribution in [3.8, 4) is 0 Å². The molecule has 1 aromatic heterocycles. The number of sulfone groups is 1. The summed E-state index contributed by atoms with van der Waals surface area (Å²) < 4.78 is 60.0. The summed E-state index contributed by atoms with van der Waals surface area (Å²) >= 11 is 1.19. The smallest absolute Gasteiger partial charge is 0.383 e. The number of hydrogen-bond acceptors (Lipinski definition) is 7. The van der Waals surface area contributed by atoms with E-state index in [-0.39, 0.29) is 5.56 Å². The molecule has 0 atom stereocenters. The van der Waals surface area contributed by atoms with E-state index >= 15 is 0 Å². The molecule has 0 bridgehead atoms. The van der Waals surface area contributed by atoms with Gasteiger partial charge >= 0.3 is 5.51 Å². The van der Waals surface area contributed by atoms with E-state index in [4.69, 9.17) is 5.73 Å². The Hall–Kier alpha value is -2.14. The first-order valence-electron chi connectivity index (χ1n) is 5.61. The van der Waals surface area contributed by atoms with Gasteiger partial charge in [-0.25, -0.2) is 13.4 Å². The summed E-state index contributed by atoms with van der Waals surface area (Å²) in [5.74, 6) is 0.306. The first-order chi connectivity index (χ1) is 10.2. The number of anilines is 2. The summed E-state index contributed by atoms with van der Waals surface area (Å²) in [6.45, 7) is 0. The molecule has 0 unspecified atom stereocenters. The zero-order chi connectivity index (χ0) is 16.4. The Labute approximate surface area is 127 Å². The molecule has 2 rings (SSSR count). The van der Waals surface area contributed by atoms with Crippen molar-refractivity contribution in [2.45, 2.75) is 10.4 Å². The van der Waals surface area contributed by atoms with Gasteiger partial charge in [-0.05, 0) is 17.7 Å². The van der Waals surface area contributed by atoms with Crippen LogP contribution in [-0.2, 0) is 9.84 Å². The second kappa shape index (κ2) is 5.93. The average Bonchev–Trinajstić information content (AvgIpc) is 2.83. The SMILES string of the molecule is Nc1csc(NN=Cc2cccc(S(=O)(=O)C(F)(F)F)c2)n1. The third kappa shape index (κ3) is 3.54. The number of alkyl halides is 3. The lowest BCUT2D eigenvalue weighted by Crippen LogP contribution is -2.23. The summed E-state index contributed by atoms with van der Waals surface area (Å²) in [4.78, 5) is 3.01.